The maximum atomic E-state index is 2.25. The van der Waals surface area contributed by atoms with Gasteiger partial charge in [0.1, 0.15) is 0 Å². The summed E-state index contributed by atoms with van der Waals surface area (Å²) < 4.78 is 0. The van der Waals surface area contributed by atoms with Crippen molar-refractivity contribution in [2.24, 2.45) is 0 Å². The largest absolute Gasteiger partial charge is 0.144 e. The number of thiophene rings is 2. The SMILES string of the molecule is C1=CC(=C(c2cccs2)c2cccs2)SC1. The van der Waals surface area contributed by atoms with Gasteiger partial charge in [0.25, 0.3) is 0 Å². The Morgan fingerprint density at radius 1 is 1.00 bits per heavy atom. The van der Waals surface area contributed by atoms with Crippen LogP contribution < -0.4 is 0 Å². The smallest absolute Gasteiger partial charge is 0.0368 e. The molecule has 0 fully saturated rings. The van der Waals surface area contributed by atoms with Gasteiger partial charge in [0.15, 0.2) is 0 Å². The lowest BCUT2D eigenvalue weighted by atomic mass is 10.1. The third-order valence-corrected chi connectivity index (χ3v) is 5.17. The number of hydrogen-bond acceptors (Lipinski definition) is 3. The van der Waals surface area contributed by atoms with Crippen LogP contribution >= 0.6 is 34.4 Å². The Hall–Kier alpha value is -0.770. The van der Waals surface area contributed by atoms with Crippen LogP contribution in [0.25, 0.3) is 5.57 Å². The van der Waals surface area contributed by atoms with E-state index in [0.717, 1.165) is 5.75 Å². The van der Waals surface area contributed by atoms with Crippen molar-refractivity contribution in [2.75, 3.05) is 5.75 Å². The van der Waals surface area contributed by atoms with E-state index in [1.807, 2.05) is 34.4 Å². The molecule has 0 bridgehead atoms. The van der Waals surface area contributed by atoms with Crippen molar-refractivity contribution < 1.29 is 0 Å². The lowest BCUT2D eigenvalue weighted by molar-refractivity contribution is 1.76. The van der Waals surface area contributed by atoms with Crippen molar-refractivity contribution in [3.05, 3.63) is 61.8 Å². The summed E-state index contributed by atoms with van der Waals surface area (Å²) in [6.45, 7) is 0. The third kappa shape index (κ3) is 1.90. The van der Waals surface area contributed by atoms with E-state index in [0.29, 0.717) is 0 Å². The maximum Gasteiger partial charge on any atom is 0.0368 e. The summed E-state index contributed by atoms with van der Waals surface area (Å²) in [5.74, 6) is 1.11. The second-order valence-electron chi connectivity index (χ2n) is 3.41. The van der Waals surface area contributed by atoms with Crippen LogP contribution in [0.2, 0.25) is 0 Å². The standard InChI is InChI=1S/C13H10S3/c1-4-10(14-7-1)13(11-5-2-8-15-11)12-6-3-9-16-12/h1-8H,9H2. The summed E-state index contributed by atoms with van der Waals surface area (Å²) in [6, 6.07) is 8.66. The highest BCUT2D eigenvalue weighted by atomic mass is 32.2. The van der Waals surface area contributed by atoms with Gasteiger partial charge in [-0.05, 0) is 22.9 Å². The van der Waals surface area contributed by atoms with Gasteiger partial charge >= 0.3 is 0 Å². The zero-order chi connectivity index (χ0) is 10.8. The predicted molar refractivity (Wildman–Crippen MR) is 76.3 cm³/mol. The summed E-state index contributed by atoms with van der Waals surface area (Å²) >= 11 is 5.56. The summed E-state index contributed by atoms with van der Waals surface area (Å²) in [5, 5.41) is 4.29. The van der Waals surface area contributed by atoms with Crippen LogP contribution in [0.3, 0.4) is 0 Å². The van der Waals surface area contributed by atoms with E-state index >= 15 is 0 Å². The molecule has 2 aromatic rings. The molecule has 1 aliphatic rings. The highest BCUT2D eigenvalue weighted by Gasteiger charge is 2.14. The Kier molecular flexibility index (Phi) is 3.00. The zero-order valence-corrected chi connectivity index (χ0v) is 11.0. The van der Waals surface area contributed by atoms with Crippen LogP contribution in [-0.2, 0) is 0 Å². The fraction of sp³-hybridized carbons (Fsp3) is 0.0769. The quantitative estimate of drug-likeness (QED) is 0.744. The number of thioether (sulfide) groups is 1. The Balaban J connectivity index is 2.16. The van der Waals surface area contributed by atoms with E-state index < -0.39 is 0 Å². The minimum absolute atomic E-state index is 1.11. The maximum absolute atomic E-state index is 2.25. The van der Waals surface area contributed by atoms with E-state index in [1.165, 1.54) is 20.2 Å². The van der Waals surface area contributed by atoms with Gasteiger partial charge in [-0.2, -0.15) is 0 Å². The zero-order valence-electron chi connectivity index (χ0n) is 8.55. The second-order valence-corrected chi connectivity index (χ2v) is 6.36. The first-order chi connectivity index (χ1) is 7.95. The Bertz CT molecular complexity index is 479. The molecular formula is C13H10S3. The lowest BCUT2D eigenvalue weighted by Crippen LogP contribution is -1.83. The van der Waals surface area contributed by atoms with Crippen molar-refractivity contribution in [1.29, 1.82) is 0 Å². The van der Waals surface area contributed by atoms with Gasteiger partial charge in [-0.3, -0.25) is 0 Å². The molecular weight excluding hydrogens is 252 g/mol. The van der Waals surface area contributed by atoms with Crippen molar-refractivity contribution in [1.82, 2.24) is 0 Å². The molecule has 0 aromatic carbocycles. The van der Waals surface area contributed by atoms with Gasteiger partial charge in [-0.1, -0.05) is 24.3 Å². The van der Waals surface area contributed by atoms with Crippen molar-refractivity contribution in [3.8, 4) is 0 Å². The first kappa shape index (κ1) is 10.4. The van der Waals surface area contributed by atoms with Crippen LogP contribution in [-0.4, -0.2) is 5.75 Å². The first-order valence-corrected chi connectivity index (χ1v) is 7.81. The van der Waals surface area contributed by atoms with E-state index in [4.69, 9.17) is 0 Å². The number of rotatable bonds is 2. The van der Waals surface area contributed by atoms with Crippen LogP contribution in [0.15, 0.2) is 52.1 Å². The Morgan fingerprint density at radius 3 is 2.12 bits per heavy atom. The third-order valence-electron chi connectivity index (χ3n) is 2.39. The van der Waals surface area contributed by atoms with E-state index in [9.17, 15) is 0 Å². The van der Waals surface area contributed by atoms with Crippen molar-refractivity contribution in [3.63, 3.8) is 0 Å². The molecule has 0 aliphatic carbocycles. The molecule has 3 heterocycles. The lowest BCUT2D eigenvalue weighted by Gasteiger charge is -2.05. The topological polar surface area (TPSA) is 0 Å². The highest BCUT2D eigenvalue weighted by molar-refractivity contribution is 8.03. The average molecular weight is 262 g/mol. The minimum atomic E-state index is 1.11. The minimum Gasteiger partial charge on any atom is -0.144 e. The van der Waals surface area contributed by atoms with Gasteiger partial charge in [-0.25, -0.2) is 0 Å². The molecule has 0 saturated heterocycles. The summed E-state index contributed by atoms with van der Waals surface area (Å²) in [6.07, 6.45) is 4.49. The molecule has 3 heteroatoms. The average Bonchev–Trinajstić information content (AvgIpc) is 3.02. The van der Waals surface area contributed by atoms with Gasteiger partial charge in [0.05, 0.1) is 0 Å². The normalized spacial score (nSPS) is 14.6. The van der Waals surface area contributed by atoms with Crippen LogP contribution in [0, 0.1) is 0 Å². The predicted octanol–water partition coefficient (Wildman–Crippen LogP) is 4.87. The molecule has 80 valence electrons. The molecule has 0 unspecified atom stereocenters. The molecule has 0 saturated carbocycles. The fourth-order valence-electron chi connectivity index (χ4n) is 1.70. The molecule has 3 rings (SSSR count). The van der Waals surface area contributed by atoms with Crippen LogP contribution in [0.5, 0.6) is 0 Å². The molecule has 2 aromatic heterocycles. The molecule has 0 amide bonds. The Labute approximate surface area is 107 Å². The van der Waals surface area contributed by atoms with E-state index in [-0.39, 0.29) is 0 Å². The van der Waals surface area contributed by atoms with Crippen LogP contribution in [0.1, 0.15) is 9.75 Å². The van der Waals surface area contributed by atoms with Gasteiger partial charge < -0.3 is 0 Å². The molecule has 0 nitrogen and oxygen atoms in total. The van der Waals surface area contributed by atoms with Crippen LogP contribution in [0.4, 0.5) is 0 Å². The molecule has 0 spiro atoms. The van der Waals surface area contributed by atoms with Gasteiger partial charge in [0, 0.05) is 26.0 Å². The van der Waals surface area contributed by atoms with E-state index in [2.05, 4.69) is 47.2 Å². The molecule has 0 atom stereocenters. The summed E-state index contributed by atoms with van der Waals surface area (Å²) in [5.41, 5.74) is 1.41. The first-order valence-electron chi connectivity index (χ1n) is 5.06. The number of allylic oxidation sites excluding steroid dienone is 1. The monoisotopic (exact) mass is 262 g/mol. The van der Waals surface area contributed by atoms with Crippen molar-refractivity contribution >= 4 is 40.0 Å². The van der Waals surface area contributed by atoms with E-state index in [1.54, 1.807) is 0 Å². The van der Waals surface area contributed by atoms with Gasteiger partial charge in [-0.15, -0.1) is 34.4 Å². The van der Waals surface area contributed by atoms with Crippen molar-refractivity contribution in [2.45, 2.75) is 0 Å². The molecule has 0 N–H and O–H groups in total. The van der Waals surface area contributed by atoms with Gasteiger partial charge in [0.2, 0.25) is 0 Å². The Morgan fingerprint density at radius 2 is 1.69 bits per heavy atom. The summed E-state index contributed by atoms with van der Waals surface area (Å²) in [4.78, 5) is 4.15. The molecule has 0 radical (unpaired) electrons. The molecule has 1 aliphatic heterocycles. The number of hydrogen-bond donors (Lipinski definition) is 0. The molecule has 16 heavy (non-hydrogen) atoms. The highest BCUT2D eigenvalue weighted by Crippen LogP contribution is 2.39. The summed E-state index contributed by atoms with van der Waals surface area (Å²) in [7, 11) is 0. The fourth-order valence-corrected chi connectivity index (χ4v) is 4.42. The second kappa shape index (κ2) is 4.62.